The zero-order chi connectivity index (χ0) is 61.0. The molecule has 4 aliphatic heterocycles. The summed E-state index contributed by atoms with van der Waals surface area (Å²) in [5, 5.41) is 18.0. The first kappa shape index (κ1) is 68.4. The lowest BCUT2D eigenvalue weighted by Crippen LogP contribution is -2.23. The predicted octanol–water partition coefficient (Wildman–Crippen LogP) is 15.7. The number of nitrogens with zero attached hydrogens (tertiary/aromatic N) is 6. The maximum absolute atomic E-state index is 9.04. The molecule has 6 heterocycles. The molecule has 18 heteroatoms. The molecule has 0 fully saturated rings. The van der Waals surface area contributed by atoms with Gasteiger partial charge in [-0.25, -0.2) is 19.7 Å². The highest BCUT2D eigenvalue weighted by molar-refractivity contribution is 6.68. The molecule has 0 unspecified atom stereocenters. The summed E-state index contributed by atoms with van der Waals surface area (Å²) in [5.41, 5.74) is 11.5. The van der Waals surface area contributed by atoms with Crippen LogP contribution in [0.2, 0.25) is 27.3 Å². The van der Waals surface area contributed by atoms with E-state index < -0.39 is 0 Å². The fourth-order valence-corrected chi connectivity index (χ4v) is 8.68. The Morgan fingerprint density at radius 1 is 0.435 bits per heavy atom. The molecule has 0 amide bonds. The van der Waals surface area contributed by atoms with Gasteiger partial charge >= 0.3 is 27.7 Å². The van der Waals surface area contributed by atoms with E-state index in [1.165, 1.54) is 33.6 Å². The fraction of sp³-hybridized carbons (Fsp3) is 0.254. The van der Waals surface area contributed by atoms with E-state index in [-0.39, 0.29) is 35.1 Å². The van der Waals surface area contributed by atoms with Crippen molar-refractivity contribution in [2.75, 3.05) is 0 Å². The molecular formula is C67H74B4N6O8. The molecule has 14 nitrogen and oxygen atoms in total. The molecular weight excluding hydrogens is 1060 g/mol. The Balaban J connectivity index is 0.000000232. The van der Waals surface area contributed by atoms with Crippen LogP contribution in [-0.4, -0.2) is 37.6 Å². The zero-order valence-corrected chi connectivity index (χ0v) is 50.1. The van der Waals surface area contributed by atoms with E-state index in [1.807, 2.05) is 155 Å². The average molecular weight is 1130 g/mol. The molecule has 0 bridgehead atoms. The van der Waals surface area contributed by atoms with Gasteiger partial charge < -0.3 is 37.6 Å². The molecule has 432 valence electrons. The van der Waals surface area contributed by atoms with Crippen molar-refractivity contribution in [3.05, 3.63) is 214 Å². The van der Waals surface area contributed by atoms with Crippen LogP contribution in [0.3, 0.4) is 0 Å². The number of hydrogen-bond acceptors (Lipinski definition) is 12. The van der Waals surface area contributed by atoms with Crippen molar-refractivity contribution in [3.63, 3.8) is 0 Å². The molecule has 0 N–H and O–H groups in total. The Hall–Kier alpha value is -9.12. The summed E-state index contributed by atoms with van der Waals surface area (Å²) in [6.45, 7) is 41.0. The Morgan fingerprint density at radius 2 is 0.824 bits per heavy atom. The first-order chi connectivity index (χ1) is 41.1. The summed E-state index contributed by atoms with van der Waals surface area (Å²) in [5.74, 6) is 5.07. The van der Waals surface area contributed by atoms with Crippen molar-refractivity contribution < 1.29 is 37.6 Å². The lowest BCUT2D eigenvalue weighted by atomic mass is 9.64. The zero-order valence-electron chi connectivity index (χ0n) is 50.1. The van der Waals surface area contributed by atoms with Crippen LogP contribution in [0.15, 0.2) is 158 Å². The molecule has 2 aromatic heterocycles. The molecule has 12 rings (SSSR count). The third-order valence-electron chi connectivity index (χ3n) is 12.8. The molecule has 4 aliphatic rings. The maximum atomic E-state index is 9.04. The van der Waals surface area contributed by atoms with Crippen LogP contribution in [-0.2, 0) is 45.0 Å². The minimum Gasteiger partial charge on any atom is -0.457 e. The summed E-state index contributed by atoms with van der Waals surface area (Å²) < 4.78 is 45.1. The second-order valence-corrected chi connectivity index (χ2v) is 17.8. The van der Waals surface area contributed by atoms with Crippen molar-refractivity contribution in [2.45, 2.75) is 117 Å². The van der Waals surface area contributed by atoms with Gasteiger partial charge in [0.1, 0.15) is 52.2 Å². The monoisotopic (exact) mass is 1130 g/mol. The highest BCUT2D eigenvalue weighted by Gasteiger charge is 2.26. The van der Waals surface area contributed by atoms with Gasteiger partial charge in [-0.3, -0.25) is 0 Å². The molecule has 0 radical (unpaired) electrons. The van der Waals surface area contributed by atoms with Crippen molar-refractivity contribution in [1.82, 2.24) is 9.97 Å². The van der Waals surface area contributed by atoms with E-state index >= 15 is 0 Å². The van der Waals surface area contributed by atoms with Gasteiger partial charge in [-0.15, -0.1) is 0 Å². The number of aromatic nitrogens is 2. The van der Waals surface area contributed by atoms with Gasteiger partial charge in [-0.2, -0.15) is 10.5 Å². The maximum Gasteiger partial charge on any atom is 0.324 e. The summed E-state index contributed by atoms with van der Waals surface area (Å²) in [4.78, 5) is 14.8. The number of fused-ring (bicyclic) bond motifs is 4. The van der Waals surface area contributed by atoms with E-state index in [9.17, 15) is 0 Å². The van der Waals surface area contributed by atoms with E-state index in [4.69, 9.17) is 61.2 Å². The van der Waals surface area contributed by atoms with Gasteiger partial charge in [0, 0.05) is 12.4 Å². The van der Waals surface area contributed by atoms with Crippen molar-refractivity contribution in [2.24, 2.45) is 0 Å². The Labute approximate surface area is 505 Å². The Morgan fingerprint density at radius 3 is 1.25 bits per heavy atom. The molecule has 0 aliphatic carbocycles. The van der Waals surface area contributed by atoms with Gasteiger partial charge in [0.15, 0.2) is 5.69 Å². The molecule has 0 spiro atoms. The van der Waals surface area contributed by atoms with E-state index in [0.717, 1.165) is 39.7 Å². The number of nitriles is 2. The second-order valence-electron chi connectivity index (χ2n) is 17.8. The molecule has 8 aromatic rings. The smallest absolute Gasteiger partial charge is 0.324 e. The van der Waals surface area contributed by atoms with E-state index in [2.05, 4.69) is 44.7 Å². The van der Waals surface area contributed by atoms with Gasteiger partial charge in [0.05, 0.1) is 45.1 Å². The highest BCUT2D eigenvalue weighted by Crippen LogP contribution is 2.30. The van der Waals surface area contributed by atoms with Crippen LogP contribution in [0.1, 0.15) is 96.2 Å². The summed E-state index contributed by atoms with van der Waals surface area (Å²) in [6.07, 6.45) is 3.11. The van der Waals surface area contributed by atoms with E-state index in [1.54, 1.807) is 66.9 Å². The molecule has 0 saturated heterocycles. The van der Waals surface area contributed by atoms with Crippen LogP contribution in [0, 0.1) is 35.8 Å². The van der Waals surface area contributed by atoms with Crippen molar-refractivity contribution in [1.29, 1.82) is 10.5 Å². The number of pyridine rings is 2. The third kappa shape index (κ3) is 18.9. The number of benzene rings is 6. The number of para-hydroxylation sites is 1. The number of rotatable bonds is 8. The summed E-state index contributed by atoms with van der Waals surface area (Å²) in [6, 6.07) is 49.0. The Kier molecular flexibility index (Phi) is 28.8. The molecule has 6 aromatic carbocycles. The van der Waals surface area contributed by atoms with Crippen LogP contribution in [0.4, 0.5) is 11.4 Å². The number of ether oxygens (including phenoxy) is 4. The molecule has 0 saturated carbocycles. The van der Waals surface area contributed by atoms with Crippen LogP contribution >= 0.6 is 0 Å². The fourth-order valence-electron chi connectivity index (χ4n) is 8.68. The second kappa shape index (κ2) is 35.8. The Bertz CT molecular complexity index is 3330. The predicted molar refractivity (Wildman–Crippen MR) is 346 cm³/mol. The topological polar surface area (TPSA) is 156 Å². The van der Waals surface area contributed by atoms with Crippen LogP contribution < -0.4 is 40.8 Å². The van der Waals surface area contributed by atoms with Crippen LogP contribution in [0.5, 0.6) is 46.3 Å². The minimum absolute atomic E-state index is 0. The lowest BCUT2D eigenvalue weighted by Gasteiger charge is -2.08. The van der Waals surface area contributed by atoms with Gasteiger partial charge in [0.2, 0.25) is 17.4 Å². The lowest BCUT2D eigenvalue weighted by molar-refractivity contribution is 0.333. The molecule has 85 heavy (non-hydrogen) atoms. The average Bonchev–Trinajstić information content (AvgIpc) is 4.55. The first-order valence-corrected chi connectivity index (χ1v) is 28.4. The van der Waals surface area contributed by atoms with Gasteiger partial charge in [-0.1, -0.05) is 139 Å². The number of hydrogen-bond donors (Lipinski definition) is 0. The standard InChI is InChI=1S/2C15H12BNO2.2C14H11BN2O2.4C2H6.CH4/c1-16-15-8-7-14(9-11(15)10-18-16)19-13-5-3-12(17-2)4-6-13;1-16-14-7-6-13(8-12(14)10-18-16)19-15-5-3-2-4-11(15)9-17;1-15-13-5-4-12(7-10(13)9-18-15)19-14-6-3-11(16-2)8-17-14;1-15-13-5-4-12(7-11(13)9-18-15)19-14-10(8-16)3-2-6-17-14;4*1-2;/h3-9H,10H2,1H3;2-8H,10H2,1H3;3-8H,9H2,1H3;2-7H,9H2,1H3;4*1-2H3;1H4. The minimum atomic E-state index is 0. The first-order valence-electron chi connectivity index (χ1n) is 28.4. The van der Waals surface area contributed by atoms with Crippen molar-refractivity contribution >= 4 is 60.9 Å². The summed E-state index contributed by atoms with van der Waals surface area (Å²) >= 11 is 0. The normalized spacial score (nSPS) is 11.9. The van der Waals surface area contributed by atoms with Gasteiger partial charge in [-0.05, 0) is 141 Å². The molecule has 0 atom stereocenters. The quantitative estimate of drug-likeness (QED) is 0.105. The summed E-state index contributed by atoms with van der Waals surface area (Å²) in [7, 11) is 0. The van der Waals surface area contributed by atoms with Crippen LogP contribution in [0.25, 0.3) is 9.69 Å². The third-order valence-corrected chi connectivity index (χ3v) is 12.8. The SMILES string of the molecule is C.CB1OCc2cc(Oc3ccccc3C#N)ccc21.CB1OCc2cc(Oc3ncccc3C#N)ccc21.CC.CC.CC.CC.[C-]#[N+]c1ccc(Oc2ccc3c(c2)COB3C)cc1.[C-]#[N+]c1ccc(Oc2ccc3c(c2)COB3C)nc1. The highest BCUT2D eigenvalue weighted by atomic mass is 16.5. The van der Waals surface area contributed by atoms with Gasteiger partial charge in [0.25, 0.3) is 0 Å². The largest absolute Gasteiger partial charge is 0.457 e. The van der Waals surface area contributed by atoms with E-state index in [0.29, 0.717) is 72.2 Å². The van der Waals surface area contributed by atoms with Crippen molar-refractivity contribution in [3.8, 4) is 58.4 Å².